The van der Waals surface area contributed by atoms with Gasteiger partial charge in [-0.05, 0) is 42.1 Å². The average Bonchev–Trinajstić information content (AvgIpc) is 2.47. The van der Waals surface area contributed by atoms with E-state index in [1.165, 1.54) is 12.1 Å². The average molecular weight is 305 g/mol. The Kier molecular flexibility index (Phi) is 5.08. The Bertz CT molecular complexity index is 618. The number of benzene rings is 2. The van der Waals surface area contributed by atoms with E-state index in [0.717, 1.165) is 17.5 Å². The lowest BCUT2D eigenvalue weighted by atomic mass is 10.1. The molecule has 4 N–H and O–H groups in total. The molecular weight excluding hydrogens is 290 g/mol. The molecule has 0 aliphatic rings. The van der Waals surface area contributed by atoms with Gasteiger partial charge in [-0.15, -0.1) is 0 Å². The minimum absolute atomic E-state index is 0.210. The Morgan fingerprint density at radius 2 is 1.81 bits per heavy atom. The number of aliphatic carboxylic acids is 1. The number of aromatic hydroxyl groups is 2. The van der Waals surface area contributed by atoms with Crippen LogP contribution in [0.1, 0.15) is 5.56 Å². The predicted molar refractivity (Wildman–Crippen MR) is 80.3 cm³/mol. The van der Waals surface area contributed by atoms with Crippen LogP contribution in [-0.2, 0) is 11.2 Å². The van der Waals surface area contributed by atoms with Crippen molar-refractivity contribution in [1.29, 1.82) is 0 Å². The molecule has 0 fully saturated rings. The first-order valence-corrected chi connectivity index (χ1v) is 7.09. The maximum Gasteiger partial charge on any atom is 0.321 e. The summed E-state index contributed by atoms with van der Waals surface area (Å²) in [6.07, 6.45) is 0.354. The van der Waals surface area contributed by atoms with E-state index in [9.17, 15) is 20.1 Å². The summed E-state index contributed by atoms with van der Waals surface area (Å²) in [6.45, 7) is 0. The molecule has 0 aliphatic carbocycles. The molecule has 0 heterocycles. The molecule has 0 radical (unpaired) electrons. The summed E-state index contributed by atoms with van der Waals surface area (Å²) in [5.74, 6) is -1.40. The Labute approximate surface area is 126 Å². The first-order chi connectivity index (χ1) is 10.1. The van der Waals surface area contributed by atoms with Crippen molar-refractivity contribution in [2.75, 3.05) is 0 Å². The minimum Gasteiger partial charge on any atom is -0.504 e. The van der Waals surface area contributed by atoms with E-state index in [-0.39, 0.29) is 11.5 Å². The first-order valence-electron chi connectivity index (χ1n) is 6.27. The summed E-state index contributed by atoms with van der Waals surface area (Å²) in [4.78, 5) is 11.9. The summed E-state index contributed by atoms with van der Waals surface area (Å²) < 4.78 is 2.86. The van der Waals surface area contributed by atoms with Crippen molar-refractivity contribution >= 4 is 17.9 Å². The zero-order valence-corrected chi connectivity index (χ0v) is 11.9. The van der Waals surface area contributed by atoms with Crippen molar-refractivity contribution in [2.24, 2.45) is 0 Å². The lowest BCUT2D eigenvalue weighted by Gasteiger charge is -2.14. The number of carboxylic acid groups (broad SMARTS) is 1. The Morgan fingerprint density at radius 3 is 2.43 bits per heavy atom. The van der Waals surface area contributed by atoms with Gasteiger partial charge in [-0.3, -0.25) is 4.79 Å². The van der Waals surface area contributed by atoms with Crippen molar-refractivity contribution in [2.45, 2.75) is 17.4 Å². The molecule has 5 nitrogen and oxygen atoms in total. The molecule has 0 amide bonds. The fourth-order valence-corrected chi connectivity index (χ4v) is 2.50. The highest BCUT2D eigenvalue weighted by molar-refractivity contribution is 7.97. The Morgan fingerprint density at radius 1 is 1.10 bits per heavy atom. The third kappa shape index (κ3) is 4.40. The monoisotopic (exact) mass is 305 g/mol. The lowest BCUT2D eigenvalue weighted by Crippen LogP contribution is -2.34. The van der Waals surface area contributed by atoms with Crippen molar-refractivity contribution in [3.05, 3.63) is 54.1 Å². The molecule has 1 atom stereocenters. The van der Waals surface area contributed by atoms with E-state index in [4.69, 9.17) is 0 Å². The van der Waals surface area contributed by atoms with Gasteiger partial charge in [0.1, 0.15) is 6.04 Å². The summed E-state index contributed by atoms with van der Waals surface area (Å²) in [7, 11) is 0. The van der Waals surface area contributed by atoms with Crippen LogP contribution in [0.2, 0.25) is 0 Å². The quantitative estimate of drug-likeness (QED) is 0.484. The van der Waals surface area contributed by atoms with Gasteiger partial charge in [0, 0.05) is 4.90 Å². The number of hydrogen-bond donors (Lipinski definition) is 4. The number of carbonyl (C=O) groups is 1. The molecule has 2 aromatic carbocycles. The number of hydrogen-bond acceptors (Lipinski definition) is 5. The lowest BCUT2D eigenvalue weighted by molar-refractivity contribution is -0.138. The van der Waals surface area contributed by atoms with Crippen molar-refractivity contribution in [3.63, 3.8) is 0 Å². The van der Waals surface area contributed by atoms with Gasteiger partial charge in [0.15, 0.2) is 11.5 Å². The Hall–Kier alpha value is -2.18. The highest BCUT2D eigenvalue weighted by atomic mass is 32.2. The molecule has 110 valence electrons. The van der Waals surface area contributed by atoms with Gasteiger partial charge >= 0.3 is 5.97 Å². The van der Waals surface area contributed by atoms with Crippen LogP contribution in [0.25, 0.3) is 0 Å². The van der Waals surface area contributed by atoms with Crippen LogP contribution in [-0.4, -0.2) is 27.3 Å². The van der Waals surface area contributed by atoms with Crippen molar-refractivity contribution < 1.29 is 20.1 Å². The summed E-state index contributed by atoms with van der Waals surface area (Å²) in [6, 6.07) is 12.9. The molecule has 0 bridgehead atoms. The maximum atomic E-state index is 11.3. The van der Waals surface area contributed by atoms with E-state index in [2.05, 4.69) is 4.72 Å². The van der Waals surface area contributed by atoms with Crippen LogP contribution in [0, 0.1) is 0 Å². The second-order valence-electron chi connectivity index (χ2n) is 4.45. The third-order valence-electron chi connectivity index (χ3n) is 2.85. The zero-order valence-electron chi connectivity index (χ0n) is 11.1. The minimum atomic E-state index is -0.950. The standard InChI is InChI=1S/C15H15NO4S/c17-13-7-6-11(9-14(13)18)21-16-12(15(19)20)8-10-4-2-1-3-5-10/h1-7,9,12,16-18H,8H2,(H,19,20). The second-order valence-corrected chi connectivity index (χ2v) is 5.36. The topological polar surface area (TPSA) is 89.8 Å². The fraction of sp³-hybridized carbons (Fsp3) is 0.133. The molecule has 0 spiro atoms. The molecule has 1 unspecified atom stereocenters. The maximum absolute atomic E-state index is 11.3. The molecule has 2 aromatic rings. The third-order valence-corrected chi connectivity index (χ3v) is 3.74. The number of carboxylic acids is 1. The van der Waals surface area contributed by atoms with E-state index in [0.29, 0.717) is 11.3 Å². The van der Waals surface area contributed by atoms with E-state index in [1.54, 1.807) is 6.07 Å². The molecular formula is C15H15NO4S. The number of rotatable bonds is 6. The molecule has 0 aliphatic heterocycles. The SMILES string of the molecule is O=C(O)C(Cc1ccccc1)NSc1ccc(O)c(O)c1. The Balaban J connectivity index is 2.00. The van der Waals surface area contributed by atoms with Crippen LogP contribution in [0.3, 0.4) is 0 Å². The molecule has 0 aromatic heterocycles. The normalized spacial score (nSPS) is 12.0. The predicted octanol–water partition coefficient (Wildman–Crippen LogP) is 2.39. The highest BCUT2D eigenvalue weighted by Gasteiger charge is 2.18. The highest BCUT2D eigenvalue weighted by Crippen LogP contribution is 2.29. The summed E-state index contributed by atoms with van der Waals surface area (Å²) in [5, 5.41) is 27.9. The van der Waals surface area contributed by atoms with Gasteiger partial charge in [0.2, 0.25) is 0 Å². The molecule has 6 heteroatoms. The molecule has 21 heavy (non-hydrogen) atoms. The molecule has 0 saturated carbocycles. The van der Waals surface area contributed by atoms with Gasteiger partial charge in [0.25, 0.3) is 0 Å². The van der Waals surface area contributed by atoms with Gasteiger partial charge in [-0.1, -0.05) is 30.3 Å². The smallest absolute Gasteiger partial charge is 0.321 e. The summed E-state index contributed by atoms with van der Waals surface area (Å²) in [5.41, 5.74) is 0.923. The second kappa shape index (κ2) is 7.01. The van der Waals surface area contributed by atoms with Gasteiger partial charge in [0.05, 0.1) is 0 Å². The van der Waals surface area contributed by atoms with E-state index in [1.807, 2.05) is 30.3 Å². The van der Waals surface area contributed by atoms with Crippen LogP contribution < -0.4 is 4.72 Å². The largest absolute Gasteiger partial charge is 0.504 e. The van der Waals surface area contributed by atoms with Crippen LogP contribution in [0.15, 0.2) is 53.4 Å². The number of phenols is 2. The van der Waals surface area contributed by atoms with Gasteiger partial charge in [-0.2, -0.15) is 0 Å². The first kappa shape index (κ1) is 15.2. The molecule has 2 rings (SSSR count). The summed E-state index contributed by atoms with van der Waals surface area (Å²) >= 11 is 1.10. The van der Waals surface area contributed by atoms with Crippen molar-refractivity contribution in [3.8, 4) is 11.5 Å². The van der Waals surface area contributed by atoms with Gasteiger partial charge < -0.3 is 15.3 Å². The number of phenolic OH excluding ortho intramolecular Hbond substituents is 2. The van der Waals surface area contributed by atoms with Crippen LogP contribution in [0.5, 0.6) is 11.5 Å². The fourth-order valence-electron chi connectivity index (χ4n) is 1.74. The van der Waals surface area contributed by atoms with Crippen LogP contribution in [0.4, 0.5) is 0 Å². The molecule has 0 saturated heterocycles. The van der Waals surface area contributed by atoms with E-state index < -0.39 is 12.0 Å². The van der Waals surface area contributed by atoms with Crippen molar-refractivity contribution in [1.82, 2.24) is 4.72 Å². The zero-order chi connectivity index (χ0) is 15.2. The van der Waals surface area contributed by atoms with Gasteiger partial charge in [-0.25, -0.2) is 4.72 Å². The van der Waals surface area contributed by atoms with Crippen LogP contribution >= 0.6 is 11.9 Å². The van der Waals surface area contributed by atoms with E-state index >= 15 is 0 Å². The number of nitrogens with one attached hydrogen (secondary N) is 1.